The zero-order chi connectivity index (χ0) is 25.3. The summed E-state index contributed by atoms with van der Waals surface area (Å²) in [5.41, 5.74) is 6.19. The van der Waals surface area contributed by atoms with Gasteiger partial charge in [0.2, 0.25) is 0 Å². The molecule has 37 heavy (non-hydrogen) atoms. The first-order valence-electron chi connectivity index (χ1n) is 14.3. The van der Waals surface area contributed by atoms with Crippen molar-refractivity contribution in [3.63, 3.8) is 0 Å². The molecule has 192 valence electrons. The lowest BCUT2D eigenvalue weighted by Crippen LogP contribution is -2.43. The van der Waals surface area contributed by atoms with Gasteiger partial charge in [-0.15, -0.1) is 0 Å². The number of pyridine rings is 1. The largest absolute Gasteiger partial charge is 0.335 e. The molecule has 4 aromatic rings. The molecule has 6 heteroatoms. The Kier molecular flexibility index (Phi) is 5.42. The summed E-state index contributed by atoms with van der Waals surface area (Å²) in [4.78, 5) is 25.9. The third kappa shape index (κ3) is 3.63. The van der Waals surface area contributed by atoms with Gasteiger partial charge in [-0.1, -0.05) is 20.3 Å². The van der Waals surface area contributed by atoms with Crippen LogP contribution in [0.1, 0.15) is 68.3 Å². The normalized spacial score (nSPS) is 23.1. The topological polar surface area (TPSA) is 56.0 Å². The van der Waals surface area contributed by atoms with Crippen LogP contribution >= 0.6 is 0 Å². The van der Waals surface area contributed by atoms with Crippen molar-refractivity contribution in [2.45, 2.75) is 78.4 Å². The summed E-state index contributed by atoms with van der Waals surface area (Å²) < 4.78 is 4.76. The number of imidazole rings is 1. The van der Waals surface area contributed by atoms with Crippen LogP contribution in [0.2, 0.25) is 0 Å². The van der Waals surface area contributed by atoms with Crippen molar-refractivity contribution in [3.05, 3.63) is 47.7 Å². The highest BCUT2D eigenvalue weighted by atomic mass is 16.2. The lowest BCUT2D eigenvalue weighted by Gasteiger charge is -2.37. The first-order chi connectivity index (χ1) is 18.1. The SMILES string of the molecule is CCCn1c(-c2cc3cccnc3n2CC2CC2)nc2cc(C(=O)N3CC(CC)C4CCC43)cc(C)c21. The number of amides is 1. The maximum atomic E-state index is 13.8. The van der Waals surface area contributed by atoms with Gasteiger partial charge in [0, 0.05) is 42.8 Å². The molecule has 3 fully saturated rings. The number of carbonyl (C=O) groups excluding carboxylic acids is 1. The number of aromatic nitrogens is 4. The second-order valence-corrected chi connectivity index (χ2v) is 11.7. The minimum Gasteiger partial charge on any atom is -0.335 e. The molecule has 2 aliphatic carbocycles. The summed E-state index contributed by atoms with van der Waals surface area (Å²) in [5, 5.41) is 1.16. The molecule has 4 heterocycles. The number of likely N-dealkylation sites (tertiary alicyclic amines) is 1. The maximum absolute atomic E-state index is 13.8. The lowest BCUT2D eigenvalue weighted by molar-refractivity contribution is 0.0633. The van der Waals surface area contributed by atoms with E-state index < -0.39 is 0 Å². The third-order valence-corrected chi connectivity index (χ3v) is 9.26. The molecule has 2 saturated carbocycles. The van der Waals surface area contributed by atoms with E-state index in [0.29, 0.717) is 17.9 Å². The summed E-state index contributed by atoms with van der Waals surface area (Å²) in [6.45, 7) is 9.42. The average molecular weight is 496 g/mol. The van der Waals surface area contributed by atoms with Crippen molar-refractivity contribution in [2.24, 2.45) is 17.8 Å². The van der Waals surface area contributed by atoms with Gasteiger partial charge in [0.15, 0.2) is 5.82 Å². The smallest absolute Gasteiger partial charge is 0.254 e. The van der Waals surface area contributed by atoms with E-state index in [1.54, 1.807) is 0 Å². The highest BCUT2D eigenvalue weighted by molar-refractivity contribution is 5.99. The molecule has 0 spiro atoms. The van der Waals surface area contributed by atoms with Crippen LogP contribution in [0.15, 0.2) is 36.5 Å². The fourth-order valence-corrected chi connectivity index (χ4v) is 7.05. The molecule has 3 aromatic heterocycles. The second kappa shape index (κ2) is 8.71. The third-order valence-electron chi connectivity index (χ3n) is 9.26. The van der Waals surface area contributed by atoms with E-state index in [1.807, 2.05) is 12.3 Å². The minimum absolute atomic E-state index is 0.189. The van der Waals surface area contributed by atoms with Crippen molar-refractivity contribution in [2.75, 3.05) is 6.54 Å². The number of hydrogen-bond acceptors (Lipinski definition) is 3. The Morgan fingerprint density at radius 1 is 1.08 bits per heavy atom. The first-order valence-corrected chi connectivity index (χ1v) is 14.3. The van der Waals surface area contributed by atoms with E-state index in [1.165, 1.54) is 19.3 Å². The molecule has 3 unspecified atom stereocenters. The number of fused-ring (bicyclic) bond motifs is 3. The summed E-state index contributed by atoms with van der Waals surface area (Å²) >= 11 is 0. The Bertz CT molecular complexity index is 1510. The Morgan fingerprint density at radius 2 is 1.95 bits per heavy atom. The first kappa shape index (κ1) is 23.0. The quantitative estimate of drug-likeness (QED) is 0.296. The standard InChI is InChI=1S/C31H37N5O/c1-4-13-34-28-19(3)14-23(31(37)36-18-21(5-2)24-10-11-26(24)36)15-25(28)33-30(34)27-16-22-7-6-12-32-29(22)35(27)17-20-8-9-20/h6-7,12,14-16,20-21,24,26H,4-5,8-11,13,17-18H2,1-3H3. The molecule has 0 bridgehead atoms. The molecule has 1 aromatic carbocycles. The molecule has 7 rings (SSSR count). The maximum Gasteiger partial charge on any atom is 0.254 e. The van der Waals surface area contributed by atoms with Crippen LogP contribution in [0.25, 0.3) is 33.6 Å². The van der Waals surface area contributed by atoms with E-state index in [9.17, 15) is 4.79 Å². The Balaban J connectivity index is 1.34. The van der Waals surface area contributed by atoms with E-state index in [-0.39, 0.29) is 5.91 Å². The summed E-state index contributed by atoms with van der Waals surface area (Å²) in [6.07, 6.45) is 9.09. The zero-order valence-corrected chi connectivity index (χ0v) is 22.3. The van der Waals surface area contributed by atoms with Crippen molar-refractivity contribution in [3.8, 4) is 11.5 Å². The molecule has 3 aliphatic rings. The minimum atomic E-state index is 0.189. The summed E-state index contributed by atoms with van der Waals surface area (Å²) in [6, 6.07) is 11.0. The van der Waals surface area contributed by atoms with E-state index in [2.05, 4.69) is 59.1 Å². The second-order valence-electron chi connectivity index (χ2n) is 11.7. The van der Waals surface area contributed by atoms with E-state index >= 15 is 0 Å². The predicted molar refractivity (Wildman–Crippen MR) is 148 cm³/mol. The van der Waals surface area contributed by atoms with E-state index in [4.69, 9.17) is 9.97 Å². The molecule has 0 N–H and O–H groups in total. The van der Waals surface area contributed by atoms with Gasteiger partial charge in [-0.3, -0.25) is 4.79 Å². The Morgan fingerprint density at radius 3 is 2.65 bits per heavy atom. The molecular formula is C31H37N5O. The van der Waals surface area contributed by atoms with E-state index in [0.717, 1.165) is 89.5 Å². The van der Waals surface area contributed by atoms with Crippen molar-refractivity contribution >= 4 is 28.0 Å². The summed E-state index contributed by atoms with van der Waals surface area (Å²) in [5.74, 6) is 3.28. The molecule has 1 amide bonds. The zero-order valence-electron chi connectivity index (χ0n) is 22.3. The van der Waals surface area contributed by atoms with Crippen LogP contribution in [0.4, 0.5) is 0 Å². The molecule has 1 aliphatic heterocycles. The predicted octanol–water partition coefficient (Wildman–Crippen LogP) is 6.44. The van der Waals surface area contributed by atoms with Gasteiger partial charge in [-0.25, -0.2) is 9.97 Å². The Labute approximate surface area is 218 Å². The van der Waals surface area contributed by atoms with Crippen LogP contribution in [0, 0.1) is 24.7 Å². The monoisotopic (exact) mass is 495 g/mol. The van der Waals surface area contributed by atoms with Crippen LogP contribution in [0.3, 0.4) is 0 Å². The van der Waals surface area contributed by atoms with Crippen LogP contribution in [-0.2, 0) is 13.1 Å². The van der Waals surface area contributed by atoms with Gasteiger partial charge in [0.1, 0.15) is 5.65 Å². The molecule has 3 atom stereocenters. The number of carbonyl (C=O) groups is 1. The fourth-order valence-electron chi connectivity index (χ4n) is 7.05. The lowest BCUT2D eigenvalue weighted by atomic mass is 9.74. The number of hydrogen-bond donors (Lipinski definition) is 0. The molecule has 0 radical (unpaired) electrons. The Hall–Kier alpha value is -3.15. The fraction of sp³-hybridized carbons (Fsp3) is 0.516. The van der Waals surface area contributed by atoms with Gasteiger partial charge in [0.05, 0.1) is 16.7 Å². The van der Waals surface area contributed by atoms with Crippen molar-refractivity contribution in [1.29, 1.82) is 0 Å². The van der Waals surface area contributed by atoms with Crippen molar-refractivity contribution in [1.82, 2.24) is 24.0 Å². The molecular weight excluding hydrogens is 458 g/mol. The van der Waals surface area contributed by atoms with Gasteiger partial charge < -0.3 is 14.0 Å². The average Bonchev–Trinajstić information content (AvgIpc) is 3.44. The number of rotatable bonds is 7. The van der Waals surface area contributed by atoms with Gasteiger partial charge in [0.25, 0.3) is 5.91 Å². The molecule has 6 nitrogen and oxygen atoms in total. The number of nitrogens with zero attached hydrogens (tertiary/aromatic N) is 5. The number of benzene rings is 1. The highest BCUT2D eigenvalue weighted by Crippen LogP contribution is 2.46. The van der Waals surface area contributed by atoms with Gasteiger partial charge in [-0.2, -0.15) is 0 Å². The van der Waals surface area contributed by atoms with Crippen LogP contribution < -0.4 is 0 Å². The van der Waals surface area contributed by atoms with Gasteiger partial charge >= 0.3 is 0 Å². The van der Waals surface area contributed by atoms with Crippen LogP contribution in [0.5, 0.6) is 0 Å². The van der Waals surface area contributed by atoms with Crippen molar-refractivity contribution < 1.29 is 4.79 Å². The summed E-state index contributed by atoms with van der Waals surface area (Å²) in [7, 11) is 0. The number of aryl methyl sites for hydroxylation is 2. The van der Waals surface area contributed by atoms with Gasteiger partial charge in [-0.05, 0) is 92.7 Å². The van der Waals surface area contributed by atoms with Crippen LogP contribution in [-0.4, -0.2) is 42.5 Å². The molecule has 1 saturated heterocycles. The highest BCUT2D eigenvalue weighted by Gasteiger charge is 2.48.